The molecule has 0 radical (unpaired) electrons. The third kappa shape index (κ3) is 3.47. The van der Waals surface area contributed by atoms with E-state index in [-0.39, 0.29) is 6.04 Å². The summed E-state index contributed by atoms with van der Waals surface area (Å²) in [5.74, 6) is -0.911. The summed E-state index contributed by atoms with van der Waals surface area (Å²) in [6.45, 7) is 5.82. The molecular formula is C11H22N2O2. The molecule has 1 aliphatic heterocycles. The lowest BCUT2D eigenvalue weighted by Crippen LogP contribution is -2.51. The molecule has 1 heterocycles. The first-order valence-corrected chi connectivity index (χ1v) is 5.70. The quantitative estimate of drug-likeness (QED) is 0.734. The van der Waals surface area contributed by atoms with Crippen molar-refractivity contribution in [2.45, 2.75) is 51.1 Å². The van der Waals surface area contributed by atoms with E-state index in [2.05, 4.69) is 11.8 Å². The van der Waals surface area contributed by atoms with Crippen molar-refractivity contribution < 1.29 is 9.90 Å². The van der Waals surface area contributed by atoms with Crippen LogP contribution in [-0.2, 0) is 4.79 Å². The van der Waals surface area contributed by atoms with E-state index in [1.54, 1.807) is 6.92 Å². The second kappa shape index (κ2) is 4.94. The summed E-state index contributed by atoms with van der Waals surface area (Å²) in [6, 6.07) is 0.261. The van der Waals surface area contributed by atoms with E-state index < -0.39 is 11.5 Å². The first-order valence-electron chi connectivity index (χ1n) is 5.70. The lowest BCUT2D eigenvalue weighted by molar-refractivity contribution is -0.143. The second-order valence-electron chi connectivity index (χ2n) is 4.87. The average Bonchev–Trinajstić information content (AvgIpc) is 2.18. The molecule has 0 aliphatic carbocycles. The summed E-state index contributed by atoms with van der Waals surface area (Å²) in [6.07, 6.45) is 4.25. The predicted octanol–water partition coefficient (Wildman–Crippen LogP) is 1.05. The third-order valence-corrected chi connectivity index (χ3v) is 3.22. The number of piperidine rings is 1. The Morgan fingerprint density at radius 2 is 2.00 bits per heavy atom. The van der Waals surface area contributed by atoms with Crippen LogP contribution >= 0.6 is 0 Å². The standard InChI is InChI=1S/C11H22N2O2/c1-9(8-11(2,12)10(14)15)13-6-4-3-5-7-13/h9H,3-8,12H2,1-2H3,(H,14,15). The smallest absolute Gasteiger partial charge is 0.323 e. The molecule has 0 aromatic heterocycles. The first kappa shape index (κ1) is 12.5. The maximum absolute atomic E-state index is 10.9. The molecule has 3 N–H and O–H groups in total. The van der Waals surface area contributed by atoms with Gasteiger partial charge in [-0.2, -0.15) is 0 Å². The third-order valence-electron chi connectivity index (χ3n) is 3.22. The van der Waals surface area contributed by atoms with Crippen molar-refractivity contribution in [1.29, 1.82) is 0 Å². The van der Waals surface area contributed by atoms with Crippen molar-refractivity contribution in [3.8, 4) is 0 Å². The van der Waals surface area contributed by atoms with Crippen LogP contribution in [0.3, 0.4) is 0 Å². The van der Waals surface area contributed by atoms with Gasteiger partial charge >= 0.3 is 5.97 Å². The van der Waals surface area contributed by atoms with Gasteiger partial charge in [0.05, 0.1) is 0 Å². The van der Waals surface area contributed by atoms with Crippen molar-refractivity contribution >= 4 is 5.97 Å². The van der Waals surface area contributed by atoms with Crippen LogP contribution in [-0.4, -0.2) is 40.6 Å². The molecule has 1 rings (SSSR count). The zero-order valence-corrected chi connectivity index (χ0v) is 9.70. The molecule has 0 aromatic carbocycles. The maximum Gasteiger partial charge on any atom is 0.323 e. The number of nitrogens with two attached hydrogens (primary N) is 1. The second-order valence-corrected chi connectivity index (χ2v) is 4.87. The molecule has 1 saturated heterocycles. The average molecular weight is 214 g/mol. The summed E-state index contributed by atoms with van der Waals surface area (Å²) >= 11 is 0. The minimum absolute atomic E-state index is 0.261. The van der Waals surface area contributed by atoms with E-state index in [0.29, 0.717) is 6.42 Å². The van der Waals surface area contributed by atoms with Crippen LogP contribution in [0.5, 0.6) is 0 Å². The summed E-state index contributed by atoms with van der Waals surface area (Å²) in [4.78, 5) is 13.2. The van der Waals surface area contributed by atoms with Crippen LogP contribution in [0.1, 0.15) is 39.5 Å². The van der Waals surface area contributed by atoms with Crippen LogP contribution < -0.4 is 5.73 Å². The van der Waals surface area contributed by atoms with Crippen molar-refractivity contribution in [2.24, 2.45) is 5.73 Å². The van der Waals surface area contributed by atoms with Crippen LogP contribution in [0.4, 0.5) is 0 Å². The van der Waals surface area contributed by atoms with E-state index in [0.717, 1.165) is 13.1 Å². The molecule has 2 atom stereocenters. The fraction of sp³-hybridized carbons (Fsp3) is 0.909. The number of hydrogen-bond donors (Lipinski definition) is 2. The molecule has 0 bridgehead atoms. The van der Waals surface area contributed by atoms with Crippen molar-refractivity contribution in [2.75, 3.05) is 13.1 Å². The normalized spacial score (nSPS) is 24.5. The van der Waals surface area contributed by atoms with Crippen molar-refractivity contribution in [3.63, 3.8) is 0 Å². The molecule has 0 aromatic rings. The van der Waals surface area contributed by atoms with Crippen molar-refractivity contribution in [1.82, 2.24) is 4.90 Å². The highest BCUT2D eigenvalue weighted by Crippen LogP contribution is 2.18. The van der Waals surface area contributed by atoms with Crippen LogP contribution in [0, 0.1) is 0 Å². The number of hydrogen-bond acceptors (Lipinski definition) is 3. The van der Waals surface area contributed by atoms with E-state index >= 15 is 0 Å². The Bertz CT molecular complexity index is 223. The van der Waals surface area contributed by atoms with E-state index in [1.807, 2.05) is 0 Å². The highest BCUT2D eigenvalue weighted by molar-refractivity contribution is 5.77. The molecule has 0 amide bonds. The van der Waals surface area contributed by atoms with Gasteiger partial charge in [0.15, 0.2) is 0 Å². The Morgan fingerprint density at radius 1 is 1.47 bits per heavy atom. The molecule has 4 heteroatoms. The molecule has 0 saturated carbocycles. The summed E-state index contributed by atoms with van der Waals surface area (Å²) in [5, 5.41) is 8.94. The van der Waals surface area contributed by atoms with Gasteiger partial charge in [0.1, 0.15) is 5.54 Å². The minimum atomic E-state index is -1.10. The molecule has 1 fully saturated rings. The number of carboxylic acids is 1. The maximum atomic E-state index is 10.9. The fourth-order valence-corrected chi connectivity index (χ4v) is 2.19. The Kier molecular flexibility index (Phi) is 4.11. The minimum Gasteiger partial charge on any atom is -0.480 e. The monoisotopic (exact) mass is 214 g/mol. The number of aliphatic carboxylic acids is 1. The number of carbonyl (C=O) groups is 1. The molecule has 4 nitrogen and oxygen atoms in total. The van der Waals surface area contributed by atoms with Gasteiger partial charge in [0.2, 0.25) is 0 Å². The topological polar surface area (TPSA) is 66.6 Å². The summed E-state index contributed by atoms with van der Waals surface area (Å²) in [7, 11) is 0. The first-order chi connectivity index (χ1) is 6.93. The Hall–Kier alpha value is -0.610. The number of carboxylic acid groups (broad SMARTS) is 1. The fourth-order valence-electron chi connectivity index (χ4n) is 2.19. The van der Waals surface area contributed by atoms with Gasteiger partial charge in [-0.05, 0) is 46.2 Å². The zero-order valence-electron chi connectivity index (χ0n) is 9.70. The van der Waals surface area contributed by atoms with Gasteiger partial charge in [-0.25, -0.2) is 0 Å². The summed E-state index contributed by atoms with van der Waals surface area (Å²) in [5.41, 5.74) is 4.64. The molecule has 15 heavy (non-hydrogen) atoms. The van der Waals surface area contributed by atoms with Gasteiger partial charge in [-0.1, -0.05) is 6.42 Å². The van der Waals surface area contributed by atoms with E-state index in [1.165, 1.54) is 19.3 Å². The molecular weight excluding hydrogens is 192 g/mol. The Morgan fingerprint density at radius 3 is 2.47 bits per heavy atom. The van der Waals surface area contributed by atoms with Gasteiger partial charge < -0.3 is 15.7 Å². The van der Waals surface area contributed by atoms with E-state index in [9.17, 15) is 4.79 Å². The van der Waals surface area contributed by atoms with Crippen LogP contribution in [0.2, 0.25) is 0 Å². The Labute approximate surface area is 91.4 Å². The van der Waals surface area contributed by atoms with Crippen LogP contribution in [0.25, 0.3) is 0 Å². The van der Waals surface area contributed by atoms with Crippen molar-refractivity contribution in [3.05, 3.63) is 0 Å². The number of likely N-dealkylation sites (tertiary alicyclic amines) is 1. The predicted molar refractivity (Wildman–Crippen MR) is 59.7 cm³/mol. The number of nitrogens with zero attached hydrogens (tertiary/aromatic N) is 1. The molecule has 88 valence electrons. The lowest BCUT2D eigenvalue weighted by atomic mass is 9.93. The van der Waals surface area contributed by atoms with Crippen LogP contribution in [0.15, 0.2) is 0 Å². The summed E-state index contributed by atoms with van der Waals surface area (Å²) < 4.78 is 0. The number of rotatable bonds is 4. The van der Waals surface area contributed by atoms with Gasteiger partial charge in [-0.15, -0.1) is 0 Å². The largest absolute Gasteiger partial charge is 0.480 e. The Balaban J connectivity index is 2.46. The lowest BCUT2D eigenvalue weighted by Gasteiger charge is -2.35. The molecule has 0 spiro atoms. The molecule has 2 unspecified atom stereocenters. The zero-order chi connectivity index (χ0) is 11.5. The van der Waals surface area contributed by atoms with Gasteiger partial charge in [0, 0.05) is 6.04 Å². The SMILES string of the molecule is CC(CC(C)(N)C(=O)O)N1CCCCC1. The highest BCUT2D eigenvalue weighted by atomic mass is 16.4. The highest BCUT2D eigenvalue weighted by Gasteiger charge is 2.32. The van der Waals surface area contributed by atoms with Gasteiger partial charge in [0.25, 0.3) is 0 Å². The molecule has 1 aliphatic rings. The van der Waals surface area contributed by atoms with E-state index in [4.69, 9.17) is 10.8 Å². The van der Waals surface area contributed by atoms with Gasteiger partial charge in [-0.3, -0.25) is 4.79 Å².